The van der Waals surface area contributed by atoms with Crippen LogP contribution in [0.1, 0.15) is 44.2 Å². The van der Waals surface area contributed by atoms with Crippen LogP contribution >= 0.6 is 0 Å². The molecule has 1 saturated heterocycles. The van der Waals surface area contributed by atoms with E-state index in [2.05, 4.69) is 72.7 Å². The molecule has 1 amide bonds. The number of rotatable bonds is 4. The van der Waals surface area contributed by atoms with Crippen molar-refractivity contribution in [1.29, 1.82) is 0 Å². The van der Waals surface area contributed by atoms with Crippen molar-refractivity contribution in [3.05, 3.63) is 53.6 Å². The fraction of sp³-hybridized carbons (Fsp3) is 0.500. The highest BCUT2D eigenvalue weighted by Crippen LogP contribution is 2.43. The molecule has 0 aromatic heterocycles. The summed E-state index contributed by atoms with van der Waals surface area (Å²) in [5.74, 6) is 1.55. The first-order valence-corrected chi connectivity index (χ1v) is 11.3. The number of hydrogen-bond donors (Lipinski definition) is 0. The normalized spacial score (nSPS) is 21.0. The molecule has 2 aliphatic rings. The van der Waals surface area contributed by atoms with E-state index in [-0.39, 0.29) is 11.4 Å². The third kappa shape index (κ3) is 4.42. The predicted octanol–water partition coefficient (Wildman–Crippen LogP) is 4.44. The molecule has 0 aliphatic carbocycles. The molecular formula is C26H35N3O2. The van der Waals surface area contributed by atoms with Gasteiger partial charge in [0.2, 0.25) is 5.91 Å². The molecule has 31 heavy (non-hydrogen) atoms. The first-order chi connectivity index (χ1) is 14.8. The molecule has 0 N–H and O–H groups in total. The largest absolute Gasteiger partial charge is 0.497 e. The molecule has 0 bridgehead atoms. The summed E-state index contributed by atoms with van der Waals surface area (Å²) in [6.45, 7) is 12.9. The summed E-state index contributed by atoms with van der Waals surface area (Å²) in [5.41, 5.74) is 4.69. The van der Waals surface area contributed by atoms with E-state index in [1.807, 2.05) is 12.1 Å². The number of anilines is 2. The predicted molar refractivity (Wildman–Crippen MR) is 127 cm³/mol. The molecule has 1 fully saturated rings. The number of aryl methyl sites for hydroxylation is 1. The standard InChI is InChI=1S/C26H35N3O2/c1-19-6-11-24-23(16-19)20(2)17-26(3,4)29(24)25(30)18-27-12-14-28(15-13-27)21-7-9-22(31-5)10-8-21/h6-11,16,20H,12-15,17-18H2,1-5H3. The van der Waals surface area contributed by atoms with Gasteiger partial charge in [-0.1, -0.05) is 24.6 Å². The highest BCUT2D eigenvalue weighted by molar-refractivity contribution is 5.97. The van der Waals surface area contributed by atoms with E-state index in [0.717, 1.165) is 44.0 Å². The van der Waals surface area contributed by atoms with Gasteiger partial charge in [0.1, 0.15) is 5.75 Å². The van der Waals surface area contributed by atoms with Crippen molar-refractivity contribution >= 4 is 17.3 Å². The molecule has 2 aliphatic heterocycles. The van der Waals surface area contributed by atoms with E-state index < -0.39 is 0 Å². The van der Waals surface area contributed by atoms with E-state index in [1.165, 1.54) is 16.8 Å². The van der Waals surface area contributed by atoms with Crippen LogP contribution in [0.15, 0.2) is 42.5 Å². The van der Waals surface area contributed by atoms with Crippen LogP contribution in [0.2, 0.25) is 0 Å². The van der Waals surface area contributed by atoms with Gasteiger partial charge in [0.15, 0.2) is 0 Å². The van der Waals surface area contributed by atoms with Crippen molar-refractivity contribution in [1.82, 2.24) is 4.90 Å². The summed E-state index contributed by atoms with van der Waals surface area (Å²) in [4.78, 5) is 20.3. The second-order valence-corrected chi connectivity index (χ2v) is 9.67. The van der Waals surface area contributed by atoms with Crippen LogP contribution in [0, 0.1) is 6.92 Å². The summed E-state index contributed by atoms with van der Waals surface area (Å²) in [6, 6.07) is 14.7. The Balaban J connectivity index is 1.43. The number of fused-ring (bicyclic) bond motifs is 1. The maximum absolute atomic E-state index is 13.5. The molecule has 1 atom stereocenters. The highest BCUT2D eigenvalue weighted by Gasteiger charge is 2.40. The lowest BCUT2D eigenvalue weighted by Crippen LogP contribution is -2.56. The first kappa shape index (κ1) is 21.7. The van der Waals surface area contributed by atoms with Gasteiger partial charge in [0.25, 0.3) is 0 Å². The van der Waals surface area contributed by atoms with Crippen LogP contribution in [0.25, 0.3) is 0 Å². The van der Waals surface area contributed by atoms with Crippen molar-refractivity contribution < 1.29 is 9.53 Å². The number of piperazine rings is 1. The van der Waals surface area contributed by atoms with Crippen LogP contribution in [0.4, 0.5) is 11.4 Å². The number of ether oxygens (including phenoxy) is 1. The summed E-state index contributed by atoms with van der Waals surface area (Å²) in [7, 11) is 1.69. The Labute approximate surface area is 186 Å². The Morgan fingerprint density at radius 3 is 2.39 bits per heavy atom. The van der Waals surface area contributed by atoms with Crippen LogP contribution in [-0.4, -0.2) is 56.2 Å². The number of carbonyl (C=O) groups excluding carboxylic acids is 1. The molecule has 166 valence electrons. The molecule has 1 unspecified atom stereocenters. The second-order valence-electron chi connectivity index (χ2n) is 9.67. The lowest BCUT2D eigenvalue weighted by molar-refractivity contribution is -0.121. The molecule has 0 spiro atoms. The topological polar surface area (TPSA) is 36.0 Å². The maximum atomic E-state index is 13.5. The summed E-state index contributed by atoms with van der Waals surface area (Å²) >= 11 is 0. The molecule has 5 nitrogen and oxygen atoms in total. The van der Waals surface area contributed by atoms with Gasteiger partial charge in [-0.2, -0.15) is 0 Å². The first-order valence-electron chi connectivity index (χ1n) is 11.3. The smallest absolute Gasteiger partial charge is 0.241 e. The van der Waals surface area contributed by atoms with E-state index in [9.17, 15) is 4.79 Å². The molecule has 0 radical (unpaired) electrons. The van der Waals surface area contributed by atoms with Crippen molar-refractivity contribution in [2.24, 2.45) is 0 Å². The lowest BCUT2D eigenvalue weighted by Gasteiger charge is -2.47. The van der Waals surface area contributed by atoms with Gasteiger partial charge in [-0.15, -0.1) is 0 Å². The molecule has 2 heterocycles. The molecule has 0 saturated carbocycles. The van der Waals surface area contributed by atoms with Crippen LogP contribution in [0.3, 0.4) is 0 Å². The number of methoxy groups -OCH3 is 1. The van der Waals surface area contributed by atoms with E-state index in [0.29, 0.717) is 12.5 Å². The second kappa shape index (κ2) is 8.54. The van der Waals surface area contributed by atoms with Gasteiger partial charge in [-0.3, -0.25) is 9.69 Å². The number of nitrogens with zero attached hydrogens (tertiary/aromatic N) is 3. The number of carbonyl (C=O) groups is 1. The van der Waals surface area contributed by atoms with Crippen LogP contribution in [-0.2, 0) is 4.79 Å². The highest BCUT2D eigenvalue weighted by atomic mass is 16.5. The van der Waals surface area contributed by atoms with Crippen LogP contribution in [0.5, 0.6) is 5.75 Å². The molecule has 5 heteroatoms. The van der Waals surface area contributed by atoms with Gasteiger partial charge >= 0.3 is 0 Å². The summed E-state index contributed by atoms with van der Waals surface area (Å²) in [5, 5.41) is 0. The van der Waals surface area contributed by atoms with Crippen molar-refractivity contribution in [2.75, 3.05) is 49.6 Å². The van der Waals surface area contributed by atoms with E-state index >= 15 is 0 Å². The average Bonchev–Trinajstić information content (AvgIpc) is 2.74. The van der Waals surface area contributed by atoms with Crippen molar-refractivity contribution in [2.45, 2.75) is 45.6 Å². The zero-order chi connectivity index (χ0) is 22.2. The lowest BCUT2D eigenvalue weighted by atomic mass is 9.79. The number of hydrogen-bond acceptors (Lipinski definition) is 4. The average molecular weight is 422 g/mol. The minimum Gasteiger partial charge on any atom is -0.497 e. The quantitative estimate of drug-likeness (QED) is 0.731. The zero-order valence-corrected chi connectivity index (χ0v) is 19.5. The minimum atomic E-state index is -0.177. The molecule has 4 rings (SSSR count). The van der Waals surface area contributed by atoms with Crippen molar-refractivity contribution in [3.8, 4) is 5.75 Å². The minimum absolute atomic E-state index is 0.177. The number of benzene rings is 2. The van der Waals surface area contributed by atoms with E-state index in [1.54, 1.807) is 7.11 Å². The van der Waals surface area contributed by atoms with Crippen molar-refractivity contribution in [3.63, 3.8) is 0 Å². The molecular weight excluding hydrogens is 386 g/mol. The molecule has 2 aromatic carbocycles. The van der Waals surface area contributed by atoms with Crippen LogP contribution < -0.4 is 14.5 Å². The Morgan fingerprint density at radius 2 is 1.74 bits per heavy atom. The van der Waals surface area contributed by atoms with Gasteiger partial charge in [0.05, 0.1) is 13.7 Å². The van der Waals surface area contributed by atoms with Gasteiger partial charge in [-0.05, 0) is 69.0 Å². The monoisotopic (exact) mass is 421 g/mol. The summed E-state index contributed by atoms with van der Waals surface area (Å²) in [6.07, 6.45) is 0.987. The maximum Gasteiger partial charge on any atom is 0.241 e. The Kier molecular flexibility index (Phi) is 5.98. The third-order valence-corrected chi connectivity index (χ3v) is 6.78. The Hall–Kier alpha value is -2.53. The number of amides is 1. The van der Waals surface area contributed by atoms with Gasteiger partial charge in [0, 0.05) is 43.1 Å². The fourth-order valence-corrected chi connectivity index (χ4v) is 5.24. The zero-order valence-electron chi connectivity index (χ0n) is 19.5. The van der Waals surface area contributed by atoms with Gasteiger partial charge in [-0.25, -0.2) is 0 Å². The Bertz CT molecular complexity index is 930. The Morgan fingerprint density at radius 1 is 1.06 bits per heavy atom. The summed E-state index contributed by atoms with van der Waals surface area (Å²) < 4.78 is 5.26. The SMILES string of the molecule is COc1ccc(N2CCN(CC(=O)N3c4ccc(C)cc4C(C)CC3(C)C)CC2)cc1. The third-order valence-electron chi connectivity index (χ3n) is 6.78. The van der Waals surface area contributed by atoms with Gasteiger partial charge < -0.3 is 14.5 Å². The van der Waals surface area contributed by atoms with E-state index in [4.69, 9.17) is 4.74 Å². The fourth-order valence-electron chi connectivity index (χ4n) is 5.24. The molecule has 2 aromatic rings.